The zero-order valence-electron chi connectivity index (χ0n) is 29.6. The Kier molecular flexibility index (Phi) is 12.0. The Morgan fingerprint density at radius 1 is 1.12 bits per heavy atom. The monoisotopic (exact) mass is 732 g/mol. The van der Waals surface area contributed by atoms with E-state index < -0.39 is 29.8 Å². The van der Waals surface area contributed by atoms with Crippen LogP contribution in [0, 0.1) is 17.1 Å². The van der Waals surface area contributed by atoms with Gasteiger partial charge < -0.3 is 14.5 Å². The summed E-state index contributed by atoms with van der Waals surface area (Å²) in [7, 11) is 1.40. The molecular weight excluding hydrogens is 690 g/mol. The van der Waals surface area contributed by atoms with Crippen molar-refractivity contribution < 1.29 is 22.7 Å². The Labute approximate surface area is 306 Å². The zero-order valence-corrected chi connectivity index (χ0v) is 30.5. The number of piperazine rings is 1. The van der Waals surface area contributed by atoms with Crippen LogP contribution < -0.4 is 9.64 Å². The van der Waals surface area contributed by atoms with Crippen LogP contribution in [0.2, 0.25) is 0 Å². The molecule has 52 heavy (non-hydrogen) atoms. The second-order valence-electron chi connectivity index (χ2n) is 13.0. The molecule has 0 bridgehead atoms. The number of aromatic nitrogens is 4. The molecule has 3 saturated heterocycles. The summed E-state index contributed by atoms with van der Waals surface area (Å²) < 4.78 is 48.9. The van der Waals surface area contributed by atoms with Gasteiger partial charge in [-0.2, -0.15) is 15.2 Å². The summed E-state index contributed by atoms with van der Waals surface area (Å²) in [4.78, 5) is 35.8. The largest absolute Gasteiger partial charge is 0.467 e. The first-order valence-corrected chi connectivity index (χ1v) is 18.8. The van der Waals surface area contributed by atoms with E-state index in [0.29, 0.717) is 34.7 Å². The predicted octanol–water partition coefficient (Wildman–Crippen LogP) is 7.33. The number of carbonyl (C=O) groups is 1. The number of anilines is 1. The fourth-order valence-corrected chi connectivity index (χ4v) is 7.79. The van der Waals surface area contributed by atoms with E-state index in [1.165, 1.54) is 42.4 Å². The third-order valence-corrected chi connectivity index (χ3v) is 10.5. The Morgan fingerprint density at radius 2 is 1.92 bits per heavy atom. The second kappa shape index (κ2) is 16.8. The van der Waals surface area contributed by atoms with Gasteiger partial charge in [0.25, 0.3) is 5.91 Å². The molecule has 3 unspecified atom stereocenters. The van der Waals surface area contributed by atoms with Crippen LogP contribution in [0.25, 0.3) is 28.2 Å². The molecule has 1 amide bonds. The topological polar surface area (TPSA) is 111 Å². The minimum absolute atomic E-state index is 0.0215. The molecule has 6 heterocycles. The third kappa shape index (κ3) is 8.05. The number of thiazole rings is 1. The molecule has 3 aromatic heterocycles. The molecule has 3 atom stereocenters. The number of halogens is 3. The Balaban J connectivity index is 0.000000361. The smallest absolute Gasteiger partial charge is 0.318 e. The minimum Gasteiger partial charge on any atom is -0.467 e. The molecular formula is C38H43F3N8O2S. The summed E-state index contributed by atoms with van der Waals surface area (Å²) in [5, 5.41) is 11.9. The van der Waals surface area contributed by atoms with Crippen LogP contribution in [0.3, 0.4) is 0 Å². The average Bonchev–Trinajstić information content (AvgIpc) is 3.52. The number of nitrogens with zero attached hydrogens (tertiary/aromatic N) is 8. The molecule has 10 nitrogen and oxygen atoms in total. The lowest BCUT2D eigenvalue weighted by atomic mass is 9.99. The van der Waals surface area contributed by atoms with Gasteiger partial charge in [0.2, 0.25) is 0 Å². The summed E-state index contributed by atoms with van der Waals surface area (Å²) in [6.07, 6.45) is 9.09. The molecule has 4 fully saturated rings. The molecule has 4 aromatic rings. The van der Waals surface area contributed by atoms with Gasteiger partial charge >= 0.3 is 6.01 Å². The second-order valence-corrected chi connectivity index (χ2v) is 14.0. The number of ether oxygens (including phenoxy) is 1. The van der Waals surface area contributed by atoms with Crippen LogP contribution in [0.4, 0.5) is 19.0 Å². The van der Waals surface area contributed by atoms with Crippen molar-refractivity contribution >= 4 is 40.0 Å². The van der Waals surface area contributed by atoms with E-state index in [-0.39, 0.29) is 43.3 Å². The number of methoxy groups -OCH3 is 1. The van der Waals surface area contributed by atoms with Gasteiger partial charge in [-0.1, -0.05) is 38.1 Å². The lowest BCUT2D eigenvalue weighted by Crippen LogP contribution is -2.55. The Hall–Kier alpha value is -4.61. The number of rotatable bonds is 7. The van der Waals surface area contributed by atoms with Gasteiger partial charge in [-0.15, -0.1) is 11.3 Å². The predicted molar refractivity (Wildman–Crippen MR) is 196 cm³/mol. The maximum absolute atomic E-state index is 16.1. The van der Waals surface area contributed by atoms with Crippen molar-refractivity contribution in [1.82, 2.24) is 29.7 Å². The third-order valence-electron chi connectivity index (χ3n) is 9.79. The Bertz CT molecular complexity index is 1920. The van der Waals surface area contributed by atoms with Crippen molar-refractivity contribution in [3.05, 3.63) is 64.3 Å². The maximum Gasteiger partial charge on any atom is 0.318 e. The fraction of sp³-hybridized carbons (Fsp3) is 0.474. The van der Waals surface area contributed by atoms with Crippen LogP contribution in [-0.4, -0.2) is 93.7 Å². The van der Waals surface area contributed by atoms with E-state index >= 15 is 4.39 Å². The molecule has 1 saturated carbocycles. The van der Waals surface area contributed by atoms with Crippen molar-refractivity contribution in [1.29, 1.82) is 5.26 Å². The molecule has 0 N–H and O–H groups in total. The highest BCUT2D eigenvalue weighted by molar-refractivity contribution is 7.10. The first-order valence-electron chi connectivity index (χ1n) is 17.9. The first kappa shape index (κ1) is 37.2. The number of benzene rings is 1. The van der Waals surface area contributed by atoms with Gasteiger partial charge in [0.15, 0.2) is 11.6 Å². The average molecular weight is 733 g/mol. The van der Waals surface area contributed by atoms with E-state index in [1.807, 2.05) is 43.0 Å². The quantitative estimate of drug-likeness (QED) is 0.180. The van der Waals surface area contributed by atoms with Gasteiger partial charge in [-0.05, 0) is 50.1 Å². The van der Waals surface area contributed by atoms with E-state index in [0.717, 1.165) is 43.0 Å². The minimum atomic E-state index is -0.948. The molecule has 274 valence electrons. The van der Waals surface area contributed by atoms with Crippen molar-refractivity contribution in [2.45, 2.75) is 76.5 Å². The lowest BCUT2D eigenvalue weighted by Gasteiger charge is -2.41. The number of alkyl halides is 1. The molecule has 1 aromatic carbocycles. The van der Waals surface area contributed by atoms with Crippen LogP contribution in [0.15, 0.2) is 47.9 Å². The van der Waals surface area contributed by atoms with Crippen LogP contribution in [0.5, 0.6) is 6.01 Å². The molecule has 3 aliphatic heterocycles. The number of nitriles is 1. The van der Waals surface area contributed by atoms with Gasteiger partial charge in [0.1, 0.15) is 28.2 Å². The number of carbonyl (C=O) groups excluding carboxylic acids is 1. The first-order chi connectivity index (χ1) is 25.3. The van der Waals surface area contributed by atoms with E-state index in [9.17, 15) is 18.8 Å². The highest BCUT2D eigenvalue weighted by atomic mass is 32.1. The highest BCUT2D eigenvalue weighted by Gasteiger charge is 2.36. The SMILES string of the molecule is CC.COc1nc(N2CCN(C(=O)/C(F)=C/c3nccs3)C(CC#N)C2)c2cnc(-c3ccccc3C3CC3)c(F)c2n1.FC1CC2CCCN2C1. The molecule has 4 aliphatic rings. The molecule has 14 heteroatoms. The van der Waals surface area contributed by atoms with E-state index in [1.54, 1.807) is 11.6 Å². The molecule has 8 rings (SSSR count). The summed E-state index contributed by atoms with van der Waals surface area (Å²) in [6.45, 7) is 6.42. The van der Waals surface area contributed by atoms with Crippen LogP contribution in [-0.2, 0) is 4.79 Å². The van der Waals surface area contributed by atoms with E-state index in [2.05, 4.69) is 30.9 Å². The van der Waals surface area contributed by atoms with Crippen molar-refractivity contribution in [2.24, 2.45) is 0 Å². The van der Waals surface area contributed by atoms with Gasteiger partial charge in [0, 0.05) is 61.6 Å². The summed E-state index contributed by atoms with van der Waals surface area (Å²) >= 11 is 1.21. The van der Waals surface area contributed by atoms with Gasteiger partial charge in [-0.25, -0.2) is 18.2 Å². The number of hydrogen-bond donors (Lipinski definition) is 0. The standard InChI is InChI=1S/C29H25F2N7O2S.C7H12FN.C2H6/c1-40-29-35-26-21(15-34-25(24(26)31)20-5-3-2-4-19(20)17-6-7-17)27(36-29)37-11-12-38(18(16-37)8-9-32)28(39)22(30)14-23-33-10-13-41-23;8-6-4-7-2-1-3-9(7)5-6;1-2/h2-5,10,13-15,17-18H,6-8,11-12,16H2,1H3;6-7H,1-5H2;1-2H3/b22-14-;;. The number of pyridine rings is 1. The van der Waals surface area contributed by atoms with Gasteiger partial charge in [0.05, 0.1) is 31.0 Å². The van der Waals surface area contributed by atoms with Crippen LogP contribution >= 0.6 is 11.3 Å². The number of fused-ring (bicyclic) bond motifs is 2. The molecule has 0 radical (unpaired) electrons. The summed E-state index contributed by atoms with van der Waals surface area (Å²) in [5.74, 6) is -1.56. The van der Waals surface area contributed by atoms with Crippen molar-refractivity contribution in [3.63, 3.8) is 0 Å². The Morgan fingerprint density at radius 3 is 2.63 bits per heavy atom. The fourth-order valence-electron chi connectivity index (χ4n) is 7.24. The van der Waals surface area contributed by atoms with Gasteiger partial charge in [-0.3, -0.25) is 14.7 Å². The maximum atomic E-state index is 16.1. The van der Waals surface area contributed by atoms with Crippen molar-refractivity contribution in [3.8, 4) is 23.3 Å². The van der Waals surface area contributed by atoms with Crippen LogP contribution in [0.1, 0.15) is 68.9 Å². The van der Waals surface area contributed by atoms with E-state index in [4.69, 9.17) is 4.74 Å². The van der Waals surface area contributed by atoms with Crippen molar-refractivity contribution in [2.75, 3.05) is 44.7 Å². The highest BCUT2D eigenvalue weighted by Crippen LogP contribution is 2.45. The lowest BCUT2D eigenvalue weighted by molar-refractivity contribution is -0.131. The number of amides is 1. The summed E-state index contributed by atoms with van der Waals surface area (Å²) in [6, 6.07) is 9.74. The zero-order chi connectivity index (χ0) is 36.8. The normalized spacial score (nSPS) is 21.5. The molecule has 1 aliphatic carbocycles. The molecule has 0 spiro atoms. The number of hydrogen-bond acceptors (Lipinski definition) is 10. The summed E-state index contributed by atoms with van der Waals surface area (Å²) in [5.41, 5.74) is 2.08.